The van der Waals surface area contributed by atoms with Crippen molar-refractivity contribution in [2.24, 2.45) is 5.92 Å². The van der Waals surface area contributed by atoms with Crippen LogP contribution in [0.4, 0.5) is 0 Å². The summed E-state index contributed by atoms with van der Waals surface area (Å²) in [4.78, 5) is 11.8. The molecule has 0 aromatic heterocycles. The van der Waals surface area contributed by atoms with Gasteiger partial charge in [0.05, 0.1) is 5.92 Å². The highest BCUT2D eigenvalue weighted by molar-refractivity contribution is 5.69. The van der Waals surface area contributed by atoms with Gasteiger partial charge in [-0.1, -0.05) is 309 Å². The van der Waals surface area contributed by atoms with Gasteiger partial charge in [0, 0.05) is 0 Å². The maximum Gasteiger partial charge on any atom is 0.306 e. The van der Waals surface area contributed by atoms with Crippen LogP contribution in [0, 0.1) is 5.92 Å². The lowest BCUT2D eigenvalue weighted by Gasteiger charge is -2.12. The molecule has 0 aromatic rings. The molecule has 0 aromatic carbocycles. The van der Waals surface area contributed by atoms with Crippen molar-refractivity contribution < 1.29 is 9.90 Å². The van der Waals surface area contributed by atoms with Crippen molar-refractivity contribution in [2.75, 3.05) is 0 Å². The molecule has 0 fully saturated rings. The van der Waals surface area contributed by atoms with Gasteiger partial charge in [0.15, 0.2) is 0 Å². The van der Waals surface area contributed by atoms with E-state index in [2.05, 4.69) is 13.8 Å². The molecule has 0 aliphatic heterocycles. The van der Waals surface area contributed by atoms with Crippen molar-refractivity contribution >= 4 is 5.97 Å². The molecule has 0 radical (unpaired) electrons. The number of rotatable bonds is 49. The second kappa shape index (κ2) is 48.6. The van der Waals surface area contributed by atoms with E-state index in [0.29, 0.717) is 0 Å². The summed E-state index contributed by atoms with van der Waals surface area (Å²) in [5.41, 5.74) is 0. The summed E-state index contributed by atoms with van der Waals surface area (Å²) < 4.78 is 0. The third kappa shape index (κ3) is 45.9. The molecule has 0 heterocycles. The van der Waals surface area contributed by atoms with Crippen LogP contribution in [0.15, 0.2) is 0 Å². The molecule has 2 nitrogen and oxygen atoms in total. The summed E-state index contributed by atoms with van der Waals surface area (Å²) >= 11 is 0. The summed E-state index contributed by atoms with van der Waals surface area (Å²) in [6, 6.07) is 0. The Labute approximate surface area is 342 Å². The lowest BCUT2D eigenvalue weighted by atomic mass is 9.94. The molecule has 0 saturated carbocycles. The fourth-order valence-electron chi connectivity index (χ4n) is 8.74. The molecule has 0 spiro atoms. The molecular formula is C52H104O2. The summed E-state index contributed by atoms with van der Waals surface area (Å²) in [6.07, 6.45) is 66.6. The topological polar surface area (TPSA) is 37.3 Å². The summed E-state index contributed by atoms with van der Waals surface area (Å²) in [5, 5.41) is 9.71. The van der Waals surface area contributed by atoms with Crippen molar-refractivity contribution in [1.82, 2.24) is 0 Å². The first kappa shape index (κ1) is 53.5. The zero-order valence-electron chi connectivity index (χ0n) is 37.9. The molecule has 0 rings (SSSR count). The van der Waals surface area contributed by atoms with Gasteiger partial charge in [-0.3, -0.25) is 4.79 Å². The van der Waals surface area contributed by atoms with Gasteiger partial charge < -0.3 is 5.11 Å². The zero-order valence-corrected chi connectivity index (χ0v) is 37.9. The number of hydrogen-bond acceptors (Lipinski definition) is 1. The minimum absolute atomic E-state index is 0.101. The predicted octanol–water partition coefficient (Wildman–Crippen LogP) is 19.5. The van der Waals surface area contributed by atoms with E-state index in [1.54, 1.807) is 0 Å². The van der Waals surface area contributed by atoms with Gasteiger partial charge in [-0.15, -0.1) is 0 Å². The minimum atomic E-state index is -0.550. The van der Waals surface area contributed by atoms with E-state index in [0.717, 1.165) is 25.7 Å². The first-order chi connectivity index (χ1) is 26.7. The highest BCUT2D eigenvalue weighted by Gasteiger charge is 2.16. The van der Waals surface area contributed by atoms with E-state index in [4.69, 9.17) is 0 Å². The van der Waals surface area contributed by atoms with E-state index in [-0.39, 0.29) is 5.92 Å². The average Bonchev–Trinajstić information content (AvgIpc) is 3.17. The van der Waals surface area contributed by atoms with Crippen LogP contribution < -0.4 is 0 Å². The molecule has 2 heteroatoms. The predicted molar refractivity (Wildman–Crippen MR) is 244 cm³/mol. The van der Waals surface area contributed by atoms with Crippen molar-refractivity contribution in [2.45, 2.75) is 322 Å². The van der Waals surface area contributed by atoms with Gasteiger partial charge in [0.2, 0.25) is 0 Å². The third-order valence-electron chi connectivity index (χ3n) is 12.7. The molecule has 0 aliphatic carbocycles. The smallest absolute Gasteiger partial charge is 0.306 e. The molecule has 0 aliphatic rings. The van der Waals surface area contributed by atoms with E-state index in [1.165, 1.54) is 283 Å². The first-order valence-electron chi connectivity index (χ1n) is 25.9. The number of aliphatic carboxylic acids is 1. The van der Waals surface area contributed by atoms with E-state index in [1.807, 2.05) is 0 Å². The third-order valence-corrected chi connectivity index (χ3v) is 12.7. The van der Waals surface area contributed by atoms with Crippen LogP contribution in [0.1, 0.15) is 322 Å². The first-order valence-corrected chi connectivity index (χ1v) is 25.9. The standard InChI is InChI=1S/C52H104O2/c1-3-5-7-9-11-13-15-17-19-21-22-23-24-25-26-27-28-29-30-31-32-33-34-36-38-40-42-44-46-48-50-51(52(53)54)49-47-45-43-41-39-37-35-20-18-16-14-12-10-8-6-4-2/h51H,3-50H2,1-2H3,(H,53,54). The normalized spacial score (nSPS) is 12.2. The van der Waals surface area contributed by atoms with Crippen molar-refractivity contribution in [3.05, 3.63) is 0 Å². The Kier molecular flexibility index (Phi) is 48.1. The Morgan fingerprint density at radius 2 is 0.389 bits per heavy atom. The van der Waals surface area contributed by atoms with Crippen molar-refractivity contribution in [3.8, 4) is 0 Å². The van der Waals surface area contributed by atoms with Crippen LogP contribution in [0.25, 0.3) is 0 Å². The van der Waals surface area contributed by atoms with Crippen LogP contribution >= 0.6 is 0 Å². The monoisotopic (exact) mass is 761 g/mol. The Morgan fingerprint density at radius 1 is 0.259 bits per heavy atom. The summed E-state index contributed by atoms with van der Waals surface area (Å²) in [7, 11) is 0. The largest absolute Gasteiger partial charge is 0.481 e. The molecule has 1 atom stereocenters. The fraction of sp³-hybridized carbons (Fsp3) is 0.981. The fourth-order valence-corrected chi connectivity index (χ4v) is 8.74. The SMILES string of the molecule is CCCCCCCCCCCCCCCCCCCCCCCCCCCCCCCCC(CCCCCCCCCCCCCCCCCC)C(=O)O. The molecule has 0 amide bonds. The number of hydrogen-bond donors (Lipinski definition) is 1. The lowest BCUT2D eigenvalue weighted by Crippen LogP contribution is -2.13. The Morgan fingerprint density at radius 3 is 0.519 bits per heavy atom. The quantitative estimate of drug-likeness (QED) is 0.0627. The van der Waals surface area contributed by atoms with Gasteiger partial charge in [-0.2, -0.15) is 0 Å². The summed E-state index contributed by atoms with van der Waals surface area (Å²) in [5.74, 6) is -0.651. The van der Waals surface area contributed by atoms with Gasteiger partial charge in [0.25, 0.3) is 0 Å². The molecule has 1 N–H and O–H groups in total. The highest BCUT2D eigenvalue weighted by atomic mass is 16.4. The van der Waals surface area contributed by atoms with Gasteiger partial charge in [0.1, 0.15) is 0 Å². The molecule has 54 heavy (non-hydrogen) atoms. The van der Waals surface area contributed by atoms with E-state index < -0.39 is 5.97 Å². The number of carboxylic acid groups (broad SMARTS) is 1. The molecular weight excluding hydrogens is 657 g/mol. The summed E-state index contributed by atoms with van der Waals surface area (Å²) in [6.45, 7) is 4.60. The Hall–Kier alpha value is -0.530. The lowest BCUT2D eigenvalue weighted by molar-refractivity contribution is -0.142. The highest BCUT2D eigenvalue weighted by Crippen LogP contribution is 2.21. The molecule has 0 bridgehead atoms. The van der Waals surface area contributed by atoms with Gasteiger partial charge in [-0.25, -0.2) is 0 Å². The van der Waals surface area contributed by atoms with Crippen molar-refractivity contribution in [1.29, 1.82) is 0 Å². The Balaban J connectivity index is 3.29. The van der Waals surface area contributed by atoms with Gasteiger partial charge in [-0.05, 0) is 12.8 Å². The molecule has 324 valence electrons. The molecule has 1 unspecified atom stereocenters. The van der Waals surface area contributed by atoms with Gasteiger partial charge >= 0.3 is 5.97 Å². The van der Waals surface area contributed by atoms with Crippen LogP contribution in [-0.4, -0.2) is 11.1 Å². The number of unbranched alkanes of at least 4 members (excludes halogenated alkanes) is 44. The Bertz CT molecular complexity index is 673. The minimum Gasteiger partial charge on any atom is -0.481 e. The number of carbonyl (C=O) groups is 1. The molecule has 0 saturated heterocycles. The second-order valence-corrected chi connectivity index (χ2v) is 18.2. The number of carboxylic acids is 1. The van der Waals surface area contributed by atoms with E-state index in [9.17, 15) is 9.90 Å². The van der Waals surface area contributed by atoms with E-state index >= 15 is 0 Å². The zero-order chi connectivity index (χ0) is 39.1. The van der Waals surface area contributed by atoms with Crippen molar-refractivity contribution in [3.63, 3.8) is 0 Å². The maximum absolute atomic E-state index is 11.8. The van der Waals surface area contributed by atoms with Crippen LogP contribution in [0.5, 0.6) is 0 Å². The van der Waals surface area contributed by atoms with Crippen LogP contribution in [0.3, 0.4) is 0 Å². The second-order valence-electron chi connectivity index (χ2n) is 18.2. The van der Waals surface area contributed by atoms with Crippen LogP contribution in [-0.2, 0) is 4.79 Å². The average molecular weight is 761 g/mol. The van der Waals surface area contributed by atoms with Crippen LogP contribution in [0.2, 0.25) is 0 Å². The maximum atomic E-state index is 11.8.